The lowest BCUT2D eigenvalue weighted by Crippen LogP contribution is -2.11. The van der Waals surface area contributed by atoms with Gasteiger partial charge in [-0.05, 0) is 20.8 Å². The Hall–Kier alpha value is -1.20. The maximum atomic E-state index is 5.10. The van der Waals surface area contributed by atoms with Crippen molar-refractivity contribution in [2.75, 3.05) is 0 Å². The second kappa shape index (κ2) is 4.76. The van der Waals surface area contributed by atoms with Gasteiger partial charge >= 0.3 is 0 Å². The summed E-state index contributed by atoms with van der Waals surface area (Å²) < 4.78 is 5.10. The molecule has 1 N–H and O–H groups in total. The van der Waals surface area contributed by atoms with Crippen LogP contribution in [0, 0.1) is 20.8 Å². The summed E-state index contributed by atoms with van der Waals surface area (Å²) in [5, 5.41) is 8.24. The van der Waals surface area contributed by atoms with Crippen molar-refractivity contribution in [1.29, 1.82) is 0 Å². The van der Waals surface area contributed by atoms with E-state index in [-0.39, 0.29) is 0 Å². The van der Waals surface area contributed by atoms with Crippen molar-refractivity contribution in [1.82, 2.24) is 15.5 Å². The third kappa shape index (κ3) is 2.68. The Balaban J connectivity index is 1.84. The SMILES string of the molecule is Cc1cc(CNCc2nc(C)c(C)s2)on1. The molecule has 0 spiro atoms. The molecule has 0 aliphatic carbocycles. The van der Waals surface area contributed by atoms with Crippen molar-refractivity contribution < 1.29 is 4.52 Å². The number of hydrogen-bond acceptors (Lipinski definition) is 5. The molecule has 2 heterocycles. The summed E-state index contributed by atoms with van der Waals surface area (Å²) in [4.78, 5) is 5.74. The predicted octanol–water partition coefficient (Wildman–Crippen LogP) is 2.35. The van der Waals surface area contributed by atoms with Crippen LogP contribution in [-0.4, -0.2) is 10.1 Å². The van der Waals surface area contributed by atoms with Crippen LogP contribution in [0.4, 0.5) is 0 Å². The van der Waals surface area contributed by atoms with Crippen LogP contribution in [0.5, 0.6) is 0 Å². The van der Waals surface area contributed by atoms with E-state index in [0.717, 1.165) is 28.7 Å². The lowest BCUT2D eigenvalue weighted by Gasteiger charge is -1.97. The second-order valence-corrected chi connectivity index (χ2v) is 5.08. The molecule has 0 aliphatic rings. The molecule has 86 valence electrons. The lowest BCUT2D eigenvalue weighted by atomic mass is 10.4. The first kappa shape index (κ1) is 11.3. The Morgan fingerprint density at radius 3 is 2.69 bits per heavy atom. The Bertz CT molecular complexity index is 456. The van der Waals surface area contributed by atoms with Gasteiger partial charge in [-0.1, -0.05) is 5.16 Å². The Labute approximate surface area is 98.7 Å². The van der Waals surface area contributed by atoms with E-state index in [9.17, 15) is 0 Å². The van der Waals surface area contributed by atoms with Crippen molar-refractivity contribution in [3.05, 3.63) is 33.1 Å². The summed E-state index contributed by atoms with van der Waals surface area (Å²) in [5.41, 5.74) is 2.04. The van der Waals surface area contributed by atoms with Crippen molar-refractivity contribution in [2.45, 2.75) is 33.9 Å². The number of aromatic nitrogens is 2. The molecule has 2 aromatic heterocycles. The Kier molecular flexibility index (Phi) is 3.36. The zero-order valence-electron chi connectivity index (χ0n) is 9.70. The van der Waals surface area contributed by atoms with Gasteiger partial charge in [0.05, 0.1) is 17.9 Å². The van der Waals surface area contributed by atoms with Gasteiger partial charge in [-0.25, -0.2) is 4.98 Å². The normalized spacial score (nSPS) is 10.9. The minimum atomic E-state index is 0.693. The van der Waals surface area contributed by atoms with E-state index >= 15 is 0 Å². The van der Waals surface area contributed by atoms with Gasteiger partial charge < -0.3 is 9.84 Å². The fourth-order valence-electron chi connectivity index (χ4n) is 1.41. The quantitative estimate of drug-likeness (QED) is 0.886. The highest BCUT2D eigenvalue weighted by Crippen LogP contribution is 2.16. The average molecular weight is 237 g/mol. The molecular weight excluding hydrogens is 222 g/mol. The van der Waals surface area contributed by atoms with Gasteiger partial charge in [-0.3, -0.25) is 0 Å². The number of nitrogens with zero attached hydrogens (tertiary/aromatic N) is 2. The lowest BCUT2D eigenvalue weighted by molar-refractivity contribution is 0.369. The number of hydrogen-bond donors (Lipinski definition) is 1. The molecule has 0 atom stereocenters. The van der Waals surface area contributed by atoms with Crippen LogP contribution in [0.25, 0.3) is 0 Å². The number of nitrogens with one attached hydrogen (secondary N) is 1. The van der Waals surface area contributed by atoms with Crippen LogP contribution in [0.15, 0.2) is 10.6 Å². The standard InChI is InChI=1S/C11H15N3OS/c1-7-4-10(15-14-7)5-12-6-11-13-8(2)9(3)16-11/h4,12H,5-6H2,1-3H3. The molecule has 0 fully saturated rings. The molecular formula is C11H15N3OS. The van der Waals surface area contributed by atoms with Crippen LogP contribution in [0.2, 0.25) is 0 Å². The van der Waals surface area contributed by atoms with E-state index in [1.807, 2.05) is 19.9 Å². The van der Waals surface area contributed by atoms with Crippen molar-refractivity contribution >= 4 is 11.3 Å². The van der Waals surface area contributed by atoms with Gasteiger partial charge in [0.2, 0.25) is 0 Å². The third-order valence-corrected chi connectivity index (χ3v) is 3.40. The maximum absolute atomic E-state index is 5.10. The highest BCUT2D eigenvalue weighted by molar-refractivity contribution is 7.11. The first-order chi connectivity index (χ1) is 7.65. The minimum absolute atomic E-state index is 0.693. The van der Waals surface area contributed by atoms with E-state index < -0.39 is 0 Å². The molecule has 0 saturated carbocycles. The monoisotopic (exact) mass is 237 g/mol. The molecule has 2 rings (SSSR count). The summed E-state index contributed by atoms with van der Waals surface area (Å²) in [6.45, 7) is 7.52. The molecule has 4 nitrogen and oxygen atoms in total. The van der Waals surface area contributed by atoms with E-state index in [1.54, 1.807) is 11.3 Å². The minimum Gasteiger partial charge on any atom is -0.360 e. The molecule has 5 heteroatoms. The van der Waals surface area contributed by atoms with Gasteiger partial charge in [-0.2, -0.15) is 0 Å². The van der Waals surface area contributed by atoms with Crippen molar-refractivity contribution in [3.8, 4) is 0 Å². The van der Waals surface area contributed by atoms with Crippen LogP contribution in [0.3, 0.4) is 0 Å². The molecule has 2 aromatic rings. The summed E-state index contributed by atoms with van der Waals surface area (Å²) in [7, 11) is 0. The predicted molar refractivity (Wildman–Crippen MR) is 63.4 cm³/mol. The van der Waals surface area contributed by atoms with Gasteiger partial charge in [0.25, 0.3) is 0 Å². The van der Waals surface area contributed by atoms with Crippen LogP contribution in [-0.2, 0) is 13.1 Å². The fraction of sp³-hybridized carbons (Fsp3) is 0.455. The number of thiazole rings is 1. The van der Waals surface area contributed by atoms with Crippen LogP contribution >= 0.6 is 11.3 Å². The average Bonchev–Trinajstić information content (AvgIpc) is 2.75. The summed E-state index contributed by atoms with van der Waals surface area (Å²) in [6, 6.07) is 1.94. The third-order valence-electron chi connectivity index (χ3n) is 2.33. The Morgan fingerprint density at radius 1 is 1.31 bits per heavy atom. The number of aryl methyl sites for hydroxylation is 3. The van der Waals surface area contributed by atoms with Crippen LogP contribution in [0.1, 0.15) is 27.0 Å². The maximum Gasteiger partial charge on any atom is 0.150 e. The van der Waals surface area contributed by atoms with E-state index in [2.05, 4.69) is 22.4 Å². The molecule has 0 unspecified atom stereocenters. The fourth-order valence-corrected chi connectivity index (χ4v) is 2.31. The van der Waals surface area contributed by atoms with Gasteiger partial charge in [-0.15, -0.1) is 11.3 Å². The van der Waals surface area contributed by atoms with Crippen molar-refractivity contribution in [3.63, 3.8) is 0 Å². The molecule has 0 radical (unpaired) electrons. The van der Waals surface area contributed by atoms with Crippen molar-refractivity contribution in [2.24, 2.45) is 0 Å². The molecule has 0 bridgehead atoms. The molecule has 0 amide bonds. The Morgan fingerprint density at radius 2 is 2.12 bits per heavy atom. The molecule has 0 aromatic carbocycles. The van der Waals surface area contributed by atoms with Gasteiger partial charge in [0.1, 0.15) is 5.01 Å². The largest absolute Gasteiger partial charge is 0.360 e. The molecule has 0 saturated heterocycles. The zero-order valence-corrected chi connectivity index (χ0v) is 10.5. The summed E-state index contributed by atoms with van der Waals surface area (Å²) in [5.74, 6) is 0.863. The van der Waals surface area contributed by atoms with E-state index in [4.69, 9.17) is 4.52 Å². The zero-order chi connectivity index (χ0) is 11.5. The first-order valence-electron chi connectivity index (χ1n) is 5.21. The van der Waals surface area contributed by atoms with Gasteiger partial charge in [0, 0.05) is 17.5 Å². The van der Waals surface area contributed by atoms with Gasteiger partial charge in [0.15, 0.2) is 5.76 Å². The smallest absolute Gasteiger partial charge is 0.150 e. The first-order valence-corrected chi connectivity index (χ1v) is 6.02. The summed E-state index contributed by atoms with van der Waals surface area (Å²) in [6.07, 6.45) is 0. The van der Waals surface area contributed by atoms with Crippen LogP contribution < -0.4 is 5.32 Å². The molecule has 0 aliphatic heterocycles. The topological polar surface area (TPSA) is 51.0 Å². The van der Waals surface area contributed by atoms with E-state index in [1.165, 1.54) is 4.88 Å². The highest BCUT2D eigenvalue weighted by atomic mass is 32.1. The van der Waals surface area contributed by atoms with E-state index in [0.29, 0.717) is 6.54 Å². The molecule has 16 heavy (non-hydrogen) atoms. The second-order valence-electron chi connectivity index (χ2n) is 3.79. The highest BCUT2D eigenvalue weighted by Gasteiger charge is 2.04. The summed E-state index contributed by atoms with van der Waals surface area (Å²) >= 11 is 1.73. The number of rotatable bonds is 4.